The Hall–Kier alpha value is -4.02. The summed E-state index contributed by atoms with van der Waals surface area (Å²) >= 11 is 6.37. The number of aromatic nitrogens is 2. The van der Waals surface area contributed by atoms with Crippen molar-refractivity contribution in [1.82, 2.24) is 9.97 Å². The third-order valence-electron chi connectivity index (χ3n) is 6.59. The summed E-state index contributed by atoms with van der Waals surface area (Å²) in [5.74, 6) is 0.581. The molecule has 1 unspecified atom stereocenters. The molecule has 0 radical (unpaired) electrons. The van der Waals surface area contributed by atoms with E-state index in [4.69, 9.17) is 26.7 Å². The normalized spacial score (nSPS) is 15.4. The first kappa shape index (κ1) is 22.4. The summed E-state index contributed by atoms with van der Waals surface area (Å²) in [5.41, 5.74) is 8.49. The highest BCUT2D eigenvalue weighted by atomic mass is 35.5. The number of halogens is 1. The molecular weight excluding hydrogens is 464 g/mol. The minimum absolute atomic E-state index is 0.00575. The van der Waals surface area contributed by atoms with Crippen LogP contribution in [0.15, 0.2) is 102 Å². The summed E-state index contributed by atoms with van der Waals surface area (Å²) < 4.78 is 0. The van der Waals surface area contributed by atoms with Gasteiger partial charge in [-0.15, -0.1) is 0 Å². The van der Waals surface area contributed by atoms with Gasteiger partial charge in [0, 0.05) is 22.4 Å². The van der Waals surface area contributed by atoms with Gasteiger partial charge in [0.1, 0.15) is 0 Å². The Bertz CT molecular complexity index is 1610. The summed E-state index contributed by atoms with van der Waals surface area (Å²) in [7, 11) is 0. The van der Waals surface area contributed by atoms with Crippen LogP contribution in [0.3, 0.4) is 0 Å². The van der Waals surface area contributed by atoms with Crippen molar-refractivity contribution in [2.75, 3.05) is 5.01 Å². The average molecular weight is 489 g/mol. The van der Waals surface area contributed by atoms with Gasteiger partial charge in [0.15, 0.2) is 0 Å². The first-order valence-electron chi connectivity index (χ1n) is 12.1. The zero-order valence-corrected chi connectivity index (χ0v) is 20.9. The van der Waals surface area contributed by atoms with Gasteiger partial charge in [0.2, 0.25) is 5.95 Å². The number of fused-ring (bicyclic) bond motifs is 1. The molecule has 1 aliphatic heterocycles. The summed E-state index contributed by atoms with van der Waals surface area (Å²) in [6.45, 7) is 4.23. The molecule has 6 rings (SSSR count). The van der Waals surface area contributed by atoms with Gasteiger partial charge in [-0.25, -0.2) is 15.0 Å². The highest BCUT2D eigenvalue weighted by Gasteiger charge is 2.32. The molecule has 36 heavy (non-hydrogen) atoms. The number of aryl methyl sites for hydroxylation is 2. The Balaban J connectivity index is 1.55. The van der Waals surface area contributed by atoms with Gasteiger partial charge in [0.05, 0.1) is 23.0 Å². The molecule has 4 nitrogen and oxygen atoms in total. The van der Waals surface area contributed by atoms with Crippen LogP contribution < -0.4 is 5.01 Å². The van der Waals surface area contributed by atoms with E-state index in [1.807, 2.05) is 41.4 Å². The predicted octanol–water partition coefficient (Wildman–Crippen LogP) is 7.92. The minimum Gasteiger partial charge on any atom is -0.223 e. The molecule has 0 N–H and O–H groups in total. The van der Waals surface area contributed by atoms with E-state index in [9.17, 15) is 0 Å². The third-order valence-corrected chi connectivity index (χ3v) is 6.82. The molecule has 1 aliphatic rings. The maximum absolute atomic E-state index is 6.37. The van der Waals surface area contributed by atoms with E-state index in [-0.39, 0.29) is 6.04 Å². The molecule has 2 heterocycles. The van der Waals surface area contributed by atoms with E-state index < -0.39 is 0 Å². The lowest BCUT2D eigenvalue weighted by molar-refractivity contribution is 0.688. The molecule has 4 aromatic carbocycles. The van der Waals surface area contributed by atoms with Crippen LogP contribution in [0.25, 0.3) is 22.2 Å². The zero-order valence-electron chi connectivity index (χ0n) is 20.2. The van der Waals surface area contributed by atoms with Crippen LogP contribution in [0.4, 0.5) is 5.95 Å². The van der Waals surface area contributed by atoms with Gasteiger partial charge >= 0.3 is 0 Å². The van der Waals surface area contributed by atoms with Gasteiger partial charge < -0.3 is 0 Å². The molecule has 1 atom stereocenters. The molecule has 0 bridgehead atoms. The molecule has 5 aromatic rings. The second-order valence-corrected chi connectivity index (χ2v) is 9.73. The van der Waals surface area contributed by atoms with Crippen LogP contribution in [-0.4, -0.2) is 15.7 Å². The zero-order chi connectivity index (χ0) is 24.6. The lowest BCUT2D eigenvalue weighted by atomic mass is 9.97. The lowest BCUT2D eigenvalue weighted by Gasteiger charge is -2.23. The minimum atomic E-state index is -0.00575. The van der Waals surface area contributed by atoms with Crippen molar-refractivity contribution in [2.24, 2.45) is 5.10 Å². The molecule has 0 aliphatic carbocycles. The fourth-order valence-corrected chi connectivity index (χ4v) is 5.01. The number of nitrogens with zero attached hydrogens (tertiary/aromatic N) is 4. The Morgan fingerprint density at radius 3 is 2.28 bits per heavy atom. The Morgan fingerprint density at radius 2 is 1.50 bits per heavy atom. The van der Waals surface area contributed by atoms with Crippen molar-refractivity contribution in [3.8, 4) is 11.3 Å². The standard InChI is InChI=1S/C31H25ClN4/c1-20-8-6-12-23(16-20)28-19-29(24-13-7-9-21(2)17-24)36(35-28)31-33-27-15-14-25(32)18-26(27)30(34-31)22-10-4-3-5-11-22/h3-18,29H,19H2,1-2H3. The molecule has 1 aromatic heterocycles. The number of hydrazone groups is 1. The second-order valence-electron chi connectivity index (χ2n) is 9.29. The Labute approximate surface area is 215 Å². The second kappa shape index (κ2) is 9.21. The van der Waals surface area contributed by atoms with Gasteiger partial charge in [-0.3, -0.25) is 0 Å². The summed E-state index contributed by atoms with van der Waals surface area (Å²) in [6.07, 6.45) is 0.773. The molecular formula is C31H25ClN4. The number of rotatable bonds is 4. The summed E-state index contributed by atoms with van der Waals surface area (Å²) in [4.78, 5) is 10.1. The fourth-order valence-electron chi connectivity index (χ4n) is 4.84. The first-order valence-corrected chi connectivity index (χ1v) is 12.5. The van der Waals surface area contributed by atoms with Gasteiger partial charge in [-0.2, -0.15) is 5.10 Å². The SMILES string of the molecule is Cc1cccc(C2=NN(c3nc(-c4ccccc4)c4cc(Cl)ccc4n3)C(c3cccc(C)c3)C2)c1. The topological polar surface area (TPSA) is 41.4 Å². The Kier molecular flexibility index (Phi) is 5.74. The van der Waals surface area contributed by atoms with E-state index in [1.54, 1.807) is 0 Å². The summed E-state index contributed by atoms with van der Waals surface area (Å²) in [6, 6.07) is 33.1. The van der Waals surface area contributed by atoms with E-state index in [0.29, 0.717) is 11.0 Å². The van der Waals surface area contributed by atoms with Gasteiger partial charge in [-0.05, 0) is 43.2 Å². The maximum atomic E-state index is 6.37. The van der Waals surface area contributed by atoms with E-state index in [2.05, 4.69) is 74.5 Å². The largest absolute Gasteiger partial charge is 0.247 e. The number of benzene rings is 4. The third kappa shape index (κ3) is 4.25. The molecule has 5 heteroatoms. The number of hydrogen-bond acceptors (Lipinski definition) is 4. The highest BCUT2D eigenvalue weighted by Crippen LogP contribution is 2.38. The van der Waals surface area contributed by atoms with Crippen LogP contribution in [-0.2, 0) is 0 Å². The number of anilines is 1. The smallest absolute Gasteiger partial charge is 0.223 e. The van der Waals surface area contributed by atoms with Gasteiger partial charge in [-0.1, -0.05) is 102 Å². The van der Waals surface area contributed by atoms with E-state index in [1.165, 1.54) is 16.7 Å². The van der Waals surface area contributed by atoms with Crippen molar-refractivity contribution >= 4 is 34.2 Å². The monoisotopic (exact) mass is 488 g/mol. The average Bonchev–Trinajstić information content (AvgIpc) is 3.34. The van der Waals surface area contributed by atoms with Crippen LogP contribution in [0, 0.1) is 13.8 Å². The molecule has 0 saturated carbocycles. The van der Waals surface area contributed by atoms with E-state index in [0.717, 1.165) is 39.9 Å². The van der Waals surface area contributed by atoms with Gasteiger partial charge in [0.25, 0.3) is 0 Å². The predicted molar refractivity (Wildman–Crippen MR) is 149 cm³/mol. The molecule has 176 valence electrons. The Morgan fingerprint density at radius 1 is 0.750 bits per heavy atom. The molecule has 0 fully saturated rings. The fraction of sp³-hybridized carbons (Fsp3) is 0.129. The molecule has 0 spiro atoms. The maximum Gasteiger partial charge on any atom is 0.247 e. The summed E-state index contributed by atoms with van der Waals surface area (Å²) in [5, 5.41) is 8.69. The quantitative estimate of drug-likeness (QED) is 0.258. The van der Waals surface area contributed by atoms with Crippen molar-refractivity contribution in [3.05, 3.63) is 124 Å². The van der Waals surface area contributed by atoms with Crippen LogP contribution in [0.1, 0.15) is 34.7 Å². The van der Waals surface area contributed by atoms with Crippen molar-refractivity contribution in [2.45, 2.75) is 26.3 Å². The molecule has 0 saturated heterocycles. The van der Waals surface area contributed by atoms with E-state index >= 15 is 0 Å². The van der Waals surface area contributed by atoms with Crippen molar-refractivity contribution in [1.29, 1.82) is 0 Å². The molecule has 0 amide bonds. The number of hydrogen-bond donors (Lipinski definition) is 0. The van der Waals surface area contributed by atoms with Crippen LogP contribution >= 0.6 is 11.6 Å². The van der Waals surface area contributed by atoms with Crippen LogP contribution in [0.5, 0.6) is 0 Å². The van der Waals surface area contributed by atoms with Crippen molar-refractivity contribution < 1.29 is 0 Å². The van der Waals surface area contributed by atoms with Crippen LogP contribution in [0.2, 0.25) is 5.02 Å². The first-order chi connectivity index (χ1) is 17.5. The highest BCUT2D eigenvalue weighted by molar-refractivity contribution is 6.31. The lowest BCUT2D eigenvalue weighted by Crippen LogP contribution is -2.21. The van der Waals surface area contributed by atoms with Crippen molar-refractivity contribution in [3.63, 3.8) is 0 Å².